The van der Waals surface area contributed by atoms with Crippen LogP contribution in [0, 0.1) is 12.7 Å². The van der Waals surface area contributed by atoms with Crippen molar-refractivity contribution in [1.82, 2.24) is 4.90 Å². The molecule has 0 radical (unpaired) electrons. The third kappa shape index (κ3) is 4.82. The van der Waals surface area contributed by atoms with E-state index >= 15 is 0 Å². The van der Waals surface area contributed by atoms with Crippen LogP contribution in [0.1, 0.15) is 18.1 Å². The van der Waals surface area contributed by atoms with Crippen LogP contribution in [0.15, 0.2) is 78.6 Å². The molecule has 184 valence electrons. The molecule has 7 heteroatoms. The van der Waals surface area contributed by atoms with Gasteiger partial charge >= 0.3 is 0 Å². The molecule has 2 aliphatic rings. The Hall–Kier alpha value is -4.13. The van der Waals surface area contributed by atoms with Gasteiger partial charge in [-0.3, -0.25) is 14.5 Å². The van der Waals surface area contributed by atoms with E-state index in [1.165, 1.54) is 28.7 Å². The zero-order valence-electron chi connectivity index (χ0n) is 20.4. The number of carbonyl (C=O) groups excluding carboxylic acids is 2. The van der Waals surface area contributed by atoms with Crippen molar-refractivity contribution in [3.63, 3.8) is 0 Å². The van der Waals surface area contributed by atoms with E-state index in [0.29, 0.717) is 36.6 Å². The number of ether oxygens (including phenoxy) is 1. The number of anilines is 2. The summed E-state index contributed by atoms with van der Waals surface area (Å²) in [7, 11) is 0. The van der Waals surface area contributed by atoms with Crippen molar-refractivity contribution in [2.75, 3.05) is 36.0 Å². The largest absolute Gasteiger partial charge is 0.449 e. The molecule has 2 amide bonds. The number of benzene rings is 3. The molecule has 3 aromatic rings. The van der Waals surface area contributed by atoms with Gasteiger partial charge in [0.15, 0.2) is 11.5 Å². The predicted octanol–water partition coefficient (Wildman–Crippen LogP) is 4.64. The Morgan fingerprint density at radius 1 is 1.06 bits per heavy atom. The number of aryl methyl sites for hydroxylation is 1. The van der Waals surface area contributed by atoms with Gasteiger partial charge < -0.3 is 14.5 Å². The second-order valence-corrected chi connectivity index (χ2v) is 9.25. The van der Waals surface area contributed by atoms with Crippen LogP contribution < -0.4 is 14.5 Å². The zero-order chi connectivity index (χ0) is 25.2. The van der Waals surface area contributed by atoms with Crippen molar-refractivity contribution >= 4 is 29.3 Å². The number of hydrogen-bond donors (Lipinski definition) is 0. The van der Waals surface area contributed by atoms with Crippen LogP contribution >= 0.6 is 0 Å². The minimum absolute atomic E-state index is 0.0461. The van der Waals surface area contributed by atoms with Crippen LogP contribution in [0.2, 0.25) is 0 Å². The molecule has 0 bridgehead atoms. The number of hydrogen-bond acceptors (Lipinski definition) is 4. The lowest BCUT2D eigenvalue weighted by molar-refractivity contribution is -0.132. The molecule has 1 saturated heterocycles. The van der Waals surface area contributed by atoms with E-state index < -0.39 is 11.7 Å². The fraction of sp³-hybridized carbons (Fsp3) is 0.241. The third-order valence-electron chi connectivity index (χ3n) is 6.59. The maximum absolute atomic E-state index is 13.7. The quantitative estimate of drug-likeness (QED) is 0.506. The second kappa shape index (κ2) is 9.85. The van der Waals surface area contributed by atoms with Crippen molar-refractivity contribution < 1.29 is 18.7 Å². The molecule has 1 atom stereocenters. The summed E-state index contributed by atoms with van der Waals surface area (Å²) in [6.07, 6.45) is 1.50. The fourth-order valence-electron chi connectivity index (χ4n) is 4.78. The van der Waals surface area contributed by atoms with Crippen LogP contribution in [0.3, 0.4) is 0 Å². The van der Waals surface area contributed by atoms with Gasteiger partial charge in [-0.1, -0.05) is 36.4 Å². The molecule has 0 N–H and O–H groups in total. The number of fused-ring (bicyclic) bond motifs is 1. The molecular weight excluding hydrogens is 457 g/mol. The van der Waals surface area contributed by atoms with Crippen LogP contribution in [0.25, 0.3) is 6.08 Å². The van der Waals surface area contributed by atoms with Crippen molar-refractivity contribution in [3.8, 4) is 5.75 Å². The van der Waals surface area contributed by atoms with E-state index in [9.17, 15) is 14.0 Å². The van der Waals surface area contributed by atoms with E-state index in [0.717, 1.165) is 5.69 Å². The maximum atomic E-state index is 13.7. The maximum Gasteiger partial charge on any atom is 0.294 e. The number of carbonyl (C=O) groups is 2. The highest BCUT2D eigenvalue weighted by atomic mass is 19.1. The fourth-order valence-corrected chi connectivity index (χ4v) is 4.78. The summed E-state index contributed by atoms with van der Waals surface area (Å²) < 4.78 is 19.5. The van der Waals surface area contributed by atoms with E-state index in [-0.39, 0.29) is 24.3 Å². The number of para-hydroxylation sites is 2. The van der Waals surface area contributed by atoms with Gasteiger partial charge in [0.25, 0.3) is 5.91 Å². The first-order valence-electron chi connectivity index (χ1n) is 12.1. The zero-order valence-corrected chi connectivity index (χ0v) is 20.4. The average Bonchev–Trinajstić information content (AvgIpc) is 2.86. The summed E-state index contributed by atoms with van der Waals surface area (Å²) in [5.41, 5.74) is 3.40. The van der Waals surface area contributed by atoms with Gasteiger partial charge in [0.05, 0.1) is 5.69 Å². The first kappa shape index (κ1) is 23.6. The molecule has 0 saturated carbocycles. The van der Waals surface area contributed by atoms with Crippen LogP contribution in [-0.2, 0) is 9.59 Å². The SMILES string of the molecule is Cc1cccc(N2CCN(C(=O)CN3C(=O)C(=Cc4cccc(F)c4)Oc4ccccc43)CC2C)c1. The number of nitrogens with zero attached hydrogens (tertiary/aromatic N) is 3. The third-order valence-corrected chi connectivity index (χ3v) is 6.59. The first-order valence-corrected chi connectivity index (χ1v) is 12.1. The molecular formula is C29H28FN3O3. The smallest absolute Gasteiger partial charge is 0.294 e. The Labute approximate surface area is 210 Å². The molecule has 1 unspecified atom stereocenters. The van der Waals surface area contributed by atoms with Gasteiger partial charge in [0.1, 0.15) is 12.4 Å². The molecule has 5 rings (SSSR count). The topological polar surface area (TPSA) is 53.1 Å². The molecule has 36 heavy (non-hydrogen) atoms. The van der Waals surface area contributed by atoms with Crippen molar-refractivity contribution in [3.05, 3.63) is 95.5 Å². The average molecular weight is 486 g/mol. The highest BCUT2D eigenvalue weighted by molar-refractivity contribution is 6.12. The van der Waals surface area contributed by atoms with Gasteiger partial charge in [-0.25, -0.2) is 4.39 Å². The predicted molar refractivity (Wildman–Crippen MR) is 138 cm³/mol. The lowest BCUT2D eigenvalue weighted by Crippen LogP contribution is -2.56. The van der Waals surface area contributed by atoms with E-state index in [1.807, 2.05) is 11.0 Å². The van der Waals surface area contributed by atoms with Crippen LogP contribution in [0.4, 0.5) is 15.8 Å². The highest BCUT2D eigenvalue weighted by Crippen LogP contribution is 2.35. The summed E-state index contributed by atoms with van der Waals surface area (Å²) >= 11 is 0. The molecule has 3 aromatic carbocycles. The first-order chi connectivity index (χ1) is 17.4. The lowest BCUT2D eigenvalue weighted by atomic mass is 10.1. The normalized spacial score (nSPS) is 18.8. The van der Waals surface area contributed by atoms with Gasteiger partial charge in [-0.15, -0.1) is 0 Å². The van der Waals surface area contributed by atoms with Gasteiger partial charge in [0, 0.05) is 31.4 Å². The Morgan fingerprint density at radius 2 is 1.86 bits per heavy atom. The van der Waals surface area contributed by atoms with Gasteiger partial charge in [0.2, 0.25) is 5.91 Å². The monoisotopic (exact) mass is 485 g/mol. The summed E-state index contributed by atoms with van der Waals surface area (Å²) in [5, 5.41) is 0. The standard InChI is InChI=1S/C29H28FN3O3/c1-20-7-5-10-24(15-20)32-14-13-31(18-21(32)2)28(34)19-33-25-11-3-4-12-26(25)36-27(29(33)35)17-22-8-6-9-23(30)16-22/h3-12,15-17,21H,13-14,18-19H2,1-2H3. The van der Waals surface area contributed by atoms with Gasteiger partial charge in [-0.2, -0.15) is 0 Å². The Morgan fingerprint density at radius 3 is 2.64 bits per heavy atom. The molecule has 0 spiro atoms. The molecule has 2 aliphatic heterocycles. The highest BCUT2D eigenvalue weighted by Gasteiger charge is 2.34. The molecule has 0 aliphatic carbocycles. The van der Waals surface area contributed by atoms with Crippen LogP contribution in [-0.4, -0.2) is 48.9 Å². The van der Waals surface area contributed by atoms with Gasteiger partial charge in [-0.05, 0) is 67.4 Å². The Kier molecular flexibility index (Phi) is 6.46. The van der Waals surface area contributed by atoms with Crippen molar-refractivity contribution in [1.29, 1.82) is 0 Å². The Balaban J connectivity index is 1.34. The lowest BCUT2D eigenvalue weighted by Gasteiger charge is -2.42. The van der Waals surface area contributed by atoms with Crippen molar-refractivity contribution in [2.24, 2.45) is 0 Å². The molecule has 0 aromatic heterocycles. The number of halogens is 1. The molecule has 2 heterocycles. The van der Waals surface area contributed by atoms with Crippen molar-refractivity contribution in [2.45, 2.75) is 19.9 Å². The van der Waals surface area contributed by atoms with Crippen LogP contribution in [0.5, 0.6) is 5.75 Å². The summed E-state index contributed by atoms with van der Waals surface area (Å²) in [6.45, 7) is 5.94. The minimum atomic E-state index is -0.433. The van der Waals surface area contributed by atoms with E-state index in [2.05, 4.69) is 36.9 Å². The summed E-state index contributed by atoms with van der Waals surface area (Å²) in [5.74, 6) is -0.437. The van der Waals surface area contributed by atoms with E-state index in [1.54, 1.807) is 36.4 Å². The molecule has 6 nitrogen and oxygen atoms in total. The number of piperazine rings is 1. The minimum Gasteiger partial charge on any atom is -0.449 e. The van der Waals surface area contributed by atoms with E-state index in [4.69, 9.17) is 4.74 Å². The number of amides is 2. The molecule has 1 fully saturated rings. The second-order valence-electron chi connectivity index (χ2n) is 9.25. The Bertz CT molecular complexity index is 1340. The summed E-state index contributed by atoms with van der Waals surface area (Å²) in [4.78, 5) is 32.3. The number of rotatable bonds is 4. The summed E-state index contributed by atoms with van der Waals surface area (Å²) in [6, 6.07) is 21.6.